The maximum Gasteiger partial charge on any atom is 0.0314 e. The van der Waals surface area contributed by atoms with Crippen LogP contribution in [0.1, 0.15) is 5.56 Å². The SMILES string of the molecule is Cc1ccc(N)cc1.Cl.Cl. The normalized spacial score (nSPS) is 7.30. The van der Waals surface area contributed by atoms with Crippen molar-refractivity contribution in [1.29, 1.82) is 0 Å². The van der Waals surface area contributed by atoms with E-state index in [1.165, 1.54) is 5.56 Å². The van der Waals surface area contributed by atoms with Crippen LogP contribution in [0.2, 0.25) is 0 Å². The van der Waals surface area contributed by atoms with Crippen molar-refractivity contribution in [2.24, 2.45) is 0 Å². The number of nitrogens with two attached hydrogens (primary N) is 1. The van der Waals surface area contributed by atoms with E-state index in [0.717, 1.165) is 5.69 Å². The Morgan fingerprint density at radius 1 is 1.00 bits per heavy atom. The smallest absolute Gasteiger partial charge is 0.0314 e. The van der Waals surface area contributed by atoms with Crippen molar-refractivity contribution in [3.63, 3.8) is 0 Å². The summed E-state index contributed by atoms with van der Waals surface area (Å²) in [5.74, 6) is 0. The van der Waals surface area contributed by atoms with Crippen LogP contribution in [0.3, 0.4) is 0 Å². The van der Waals surface area contributed by atoms with Crippen LogP contribution in [-0.2, 0) is 0 Å². The van der Waals surface area contributed by atoms with Crippen LogP contribution in [0.25, 0.3) is 0 Å². The zero-order valence-electron chi connectivity index (χ0n) is 5.70. The van der Waals surface area contributed by atoms with Gasteiger partial charge in [-0.05, 0) is 19.1 Å². The van der Waals surface area contributed by atoms with Gasteiger partial charge in [-0.15, -0.1) is 24.8 Å². The first-order chi connectivity index (χ1) is 3.79. The van der Waals surface area contributed by atoms with Gasteiger partial charge in [0.1, 0.15) is 0 Å². The molecule has 0 aliphatic carbocycles. The first kappa shape index (κ1) is 12.3. The Morgan fingerprint density at radius 3 is 1.70 bits per heavy atom. The molecule has 10 heavy (non-hydrogen) atoms. The Morgan fingerprint density at radius 2 is 1.40 bits per heavy atom. The molecule has 0 aromatic heterocycles. The highest BCUT2D eigenvalue weighted by molar-refractivity contribution is 5.85. The van der Waals surface area contributed by atoms with Crippen LogP contribution in [0.15, 0.2) is 24.3 Å². The Balaban J connectivity index is 0. The Labute approximate surface area is 73.4 Å². The molecule has 0 aliphatic rings. The Bertz CT molecular complexity index is 150. The number of nitrogen functional groups attached to an aromatic ring is 1. The number of anilines is 1. The summed E-state index contributed by atoms with van der Waals surface area (Å²) in [6.07, 6.45) is 0. The summed E-state index contributed by atoms with van der Waals surface area (Å²) in [6, 6.07) is 7.79. The zero-order valence-corrected chi connectivity index (χ0v) is 7.34. The lowest BCUT2D eigenvalue weighted by Gasteiger charge is -1.90. The number of rotatable bonds is 0. The number of halogens is 2. The summed E-state index contributed by atoms with van der Waals surface area (Å²) in [5, 5.41) is 0. The van der Waals surface area contributed by atoms with Crippen molar-refractivity contribution < 1.29 is 0 Å². The first-order valence-corrected chi connectivity index (χ1v) is 2.61. The van der Waals surface area contributed by atoms with Crippen LogP contribution in [0.5, 0.6) is 0 Å². The highest BCUT2D eigenvalue weighted by Gasteiger charge is 1.80. The molecule has 0 saturated heterocycles. The molecule has 2 N–H and O–H groups in total. The van der Waals surface area contributed by atoms with Gasteiger partial charge in [0.25, 0.3) is 0 Å². The fourth-order valence-corrected chi connectivity index (χ4v) is 0.566. The van der Waals surface area contributed by atoms with E-state index in [9.17, 15) is 0 Å². The van der Waals surface area contributed by atoms with Crippen molar-refractivity contribution in [1.82, 2.24) is 0 Å². The lowest BCUT2D eigenvalue weighted by atomic mass is 10.2. The van der Waals surface area contributed by atoms with Gasteiger partial charge < -0.3 is 5.73 Å². The average molecular weight is 180 g/mol. The highest BCUT2D eigenvalue weighted by atomic mass is 35.5. The predicted molar refractivity (Wildman–Crippen MR) is 50.1 cm³/mol. The Kier molecular flexibility index (Phi) is 6.63. The van der Waals surface area contributed by atoms with E-state index < -0.39 is 0 Å². The number of hydrogen-bond donors (Lipinski definition) is 1. The van der Waals surface area contributed by atoms with E-state index >= 15 is 0 Å². The van der Waals surface area contributed by atoms with Crippen molar-refractivity contribution in [2.75, 3.05) is 5.73 Å². The summed E-state index contributed by atoms with van der Waals surface area (Å²) < 4.78 is 0. The molecule has 0 fully saturated rings. The van der Waals surface area contributed by atoms with E-state index in [0.29, 0.717) is 0 Å². The summed E-state index contributed by atoms with van der Waals surface area (Å²) in [7, 11) is 0. The number of hydrogen-bond acceptors (Lipinski definition) is 1. The molecule has 0 heterocycles. The third-order valence-electron chi connectivity index (χ3n) is 1.08. The standard InChI is InChI=1S/C7H9N.2ClH/c1-6-2-4-7(8)5-3-6;;/h2-5H,8H2,1H3;2*1H. The van der Waals surface area contributed by atoms with Gasteiger partial charge in [0.2, 0.25) is 0 Å². The van der Waals surface area contributed by atoms with Crippen LogP contribution >= 0.6 is 24.8 Å². The van der Waals surface area contributed by atoms with Gasteiger partial charge in [-0.25, -0.2) is 0 Å². The predicted octanol–water partition coefficient (Wildman–Crippen LogP) is 2.42. The second-order valence-electron chi connectivity index (χ2n) is 1.91. The molecule has 0 amide bonds. The minimum atomic E-state index is 0. The van der Waals surface area contributed by atoms with E-state index in [-0.39, 0.29) is 24.8 Å². The molecule has 58 valence electrons. The van der Waals surface area contributed by atoms with Crippen molar-refractivity contribution in [2.45, 2.75) is 6.92 Å². The van der Waals surface area contributed by atoms with Gasteiger partial charge in [-0.3, -0.25) is 0 Å². The Hall–Kier alpha value is -0.400. The summed E-state index contributed by atoms with van der Waals surface area (Å²) in [6.45, 7) is 2.04. The fraction of sp³-hybridized carbons (Fsp3) is 0.143. The molecule has 1 aromatic carbocycles. The van der Waals surface area contributed by atoms with Gasteiger partial charge in [-0.1, -0.05) is 17.7 Å². The molecule has 1 nitrogen and oxygen atoms in total. The summed E-state index contributed by atoms with van der Waals surface area (Å²) in [4.78, 5) is 0. The first-order valence-electron chi connectivity index (χ1n) is 2.61. The fourth-order valence-electron chi connectivity index (χ4n) is 0.566. The van der Waals surface area contributed by atoms with Crippen molar-refractivity contribution >= 4 is 30.5 Å². The second kappa shape index (κ2) is 5.39. The third kappa shape index (κ3) is 3.59. The quantitative estimate of drug-likeness (QED) is 0.609. The topological polar surface area (TPSA) is 26.0 Å². The van der Waals surface area contributed by atoms with Gasteiger partial charge in [-0.2, -0.15) is 0 Å². The van der Waals surface area contributed by atoms with Crippen LogP contribution in [0, 0.1) is 6.92 Å². The summed E-state index contributed by atoms with van der Waals surface area (Å²) in [5.41, 5.74) is 7.51. The van der Waals surface area contributed by atoms with Crippen LogP contribution < -0.4 is 5.73 Å². The average Bonchev–Trinajstić information content (AvgIpc) is 1.77. The van der Waals surface area contributed by atoms with Crippen LogP contribution in [0.4, 0.5) is 5.69 Å². The van der Waals surface area contributed by atoms with E-state index in [1.54, 1.807) is 0 Å². The molecule has 0 radical (unpaired) electrons. The van der Waals surface area contributed by atoms with E-state index in [4.69, 9.17) is 5.73 Å². The van der Waals surface area contributed by atoms with E-state index in [2.05, 4.69) is 0 Å². The van der Waals surface area contributed by atoms with Crippen molar-refractivity contribution in [3.8, 4) is 0 Å². The number of benzene rings is 1. The molecule has 1 rings (SSSR count). The maximum atomic E-state index is 5.43. The molecule has 0 spiro atoms. The molecule has 1 aromatic rings. The maximum absolute atomic E-state index is 5.43. The molecule has 0 unspecified atom stereocenters. The molecular formula is C7H11Cl2N. The monoisotopic (exact) mass is 179 g/mol. The lowest BCUT2D eigenvalue weighted by Crippen LogP contribution is -1.81. The molecule has 3 heteroatoms. The van der Waals surface area contributed by atoms with Gasteiger partial charge >= 0.3 is 0 Å². The minimum absolute atomic E-state index is 0. The molecule has 0 atom stereocenters. The van der Waals surface area contributed by atoms with E-state index in [1.807, 2.05) is 31.2 Å². The largest absolute Gasteiger partial charge is 0.399 e. The second-order valence-corrected chi connectivity index (χ2v) is 1.91. The number of aryl methyl sites for hydroxylation is 1. The van der Waals surface area contributed by atoms with Crippen molar-refractivity contribution in [3.05, 3.63) is 29.8 Å². The molecule has 0 saturated carbocycles. The lowest BCUT2D eigenvalue weighted by molar-refractivity contribution is 1.47. The molecule has 0 aliphatic heterocycles. The minimum Gasteiger partial charge on any atom is -0.399 e. The van der Waals surface area contributed by atoms with Gasteiger partial charge in [0.05, 0.1) is 0 Å². The summed E-state index contributed by atoms with van der Waals surface area (Å²) >= 11 is 0. The van der Waals surface area contributed by atoms with Gasteiger partial charge in [0, 0.05) is 5.69 Å². The zero-order chi connectivity index (χ0) is 5.98. The van der Waals surface area contributed by atoms with Crippen LogP contribution in [-0.4, -0.2) is 0 Å². The third-order valence-corrected chi connectivity index (χ3v) is 1.08. The molecular weight excluding hydrogens is 169 g/mol. The molecule has 0 bridgehead atoms. The van der Waals surface area contributed by atoms with Gasteiger partial charge in [0.15, 0.2) is 0 Å². The highest BCUT2D eigenvalue weighted by Crippen LogP contribution is 2.02.